The molecule has 10 atom stereocenters. The van der Waals surface area contributed by atoms with Crippen molar-refractivity contribution >= 4 is 11.8 Å². The number of urea groups is 1. The zero-order valence-electron chi connectivity index (χ0n) is 31.3. The lowest BCUT2D eigenvalue weighted by Crippen LogP contribution is -2.67. The van der Waals surface area contributed by atoms with Crippen molar-refractivity contribution in [3.63, 3.8) is 0 Å². The Kier molecular flexibility index (Phi) is 8.78. The van der Waals surface area contributed by atoms with Gasteiger partial charge in [0.15, 0.2) is 5.78 Å². The van der Waals surface area contributed by atoms with Crippen LogP contribution in [0.3, 0.4) is 0 Å². The van der Waals surface area contributed by atoms with Gasteiger partial charge in [0.2, 0.25) is 0 Å². The molecule has 10 unspecified atom stereocenters. The minimum atomic E-state index is -1.17. The van der Waals surface area contributed by atoms with E-state index in [1.165, 1.54) is 0 Å². The second-order valence-corrected chi connectivity index (χ2v) is 17.5. The van der Waals surface area contributed by atoms with Crippen LogP contribution in [0.1, 0.15) is 101 Å². The van der Waals surface area contributed by atoms with Crippen LogP contribution in [0.25, 0.3) is 0 Å². The molecule has 8 heteroatoms. The topological polar surface area (TPSA) is 108 Å². The zero-order chi connectivity index (χ0) is 36.5. The lowest BCUT2D eigenvalue weighted by molar-refractivity contribution is -0.175. The number of aliphatic hydroxyl groups excluding tert-OH is 1. The number of hydrogen-bond donors (Lipinski definition) is 3. The summed E-state index contributed by atoms with van der Waals surface area (Å²) in [5.74, 6) is 0.908. The molecule has 2 amide bonds. The monoisotopic (exact) mass is 708 g/mol. The first-order valence-corrected chi connectivity index (χ1v) is 19.6. The molecule has 1 aliphatic heterocycles. The molecule has 278 valence electrons. The first-order chi connectivity index (χ1) is 24.9. The van der Waals surface area contributed by atoms with E-state index < -0.39 is 27.9 Å². The van der Waals surface area contributed by atoms with Gasteiger partial charge in [0.1, 0.15) is 5.75 Å². The molecular weight excluding hydrogens is 652 g/mol. The highest BCUT2D eigenvalue weighted by Gasteiger charge is 2.74. The van der Waals surface area contributed by atoms with Crippen LogP contribution in [0.2, 0.25) is 0 Å². The number of ketones is 1. The number of amides is 2. The number of ether oxygens (including phenoxy) is 2. The first-order valence-electron chi connectivity index (χ1n) is 19.6. The van der Waals surface area contributed by atoms with Crippen molar-refractivity contribution < 1.29 is 29.3 Å². The molecule has 6 aliphatic carbocycles. The van der Waals surface area contributed by atoms with E-state index in [2.05, 4.69) is 37.4 Å². The Morgan fingerprint density at radius 1 is 0.962 bits per heavy atom. The molecular formula is C44H56N2O6. The summed E-state index contributed by atoms with van der Waals surface area (Å²) in [4.78, 5) is 30.9. The van der Waals surface area contributed by atoms with Gasteiger partial charge < -0.3 is 29.9 Å². The summed E-state index contributed by atoms with van der Waals surface area (Å²) >= 11 is 0. The molecule has 3 saturated carbocycles. The average Bonchev–Trinajstić information content (AvgIpc) is 3.76. The van der Waals surface area contributed by atoms with E-state index in [4.69, 9.17) is 9.47 Å². The molecule has 4 fully saturated rings. The second-order valence-electron chi connectivity index (χ2n) is 17.5. The quantitative estimate of drug-likeness (QED) is 0.185. The van der Waals surface area contributed by atoms with Crippen LogP contribution in [0.15, 0.2) is 78.4 Å². The molecule has 2 bridgehead atoms. The van der Waals surface area contributed by atoms with Crippen LogP contribution in [0.5, 0.6) is 5.75 Å². The average molecular weight is 709 g/mol. The van der Waals surface area contributed by atoms with Gasteiger partial charge in [0.25, 0.3) is 0 Å². The Hall–Kier alpha value is -3.46. The number of benzene rings is 2. The first kappa shape index (κ1) is 35.6. The number of carbonyl (C=O) groups is 2. The normalized spacial score (nSPS) is 39.2. The minimum absolute atomic E-state index is 0.00805. The van der Waals surface area contributed by atoms with Gasteiger partial charge in [-0.25, -0.2) is 4.79 Å². The van der Waals surface area contributed by atoms with E-state index in [-0.39, 0.29) is 47.8 Å². The number of fused-ring (bicyclic) bond motifs is 1. The molecule has 1 saturated heterocycles. The van der Waals surface area contributed by atoms with Crippen molar-refractivity contribution in [2.75, 3.05) is 26.8 Å². The molecule has 1 heterocycles. The van der Waals surface area contributed by atoms with Gasteiger partial charge in [-0.2, -0.15) is 0 Å². The van der Waals surface area contributed by atoms with Crippen LogP contribution in [0.4, 0.5) is 4.79 Å². The summed E-state index contributed by atoms with van der Waals surface area (Å²) in [5, 5.41) is 27.4. The molecule has 0 radical (unpaired) electrons. The SMILES string of the molecule is COc1ccc(C(=O)C2=CC34C=CC25C(CCC2(C)C5CCC2(O)CN(CC2CCCO2)C(=O)NC(C)c2ccccc2)C3(C)CCC(O)C4)cc1. The van der Waals surface area contributed by atoms with E-state index in [1.807, 2.05) is 66.4 Å². The van der Waals surface area contributed by atoms with Crippen molar-refractivity contribution in [3.8, 4) is 5.75 Å². The molecule has 0 aromatic heterocycles. The Morgan fingerprint density at radius 3 is 2.38 bits per heavy atom. The van der Waals surface area contributed by atoms with Crippen molar-refractivity contribution in [1.82, 2.24) is 10.2 Å². The summed E-state index contributed by atoms with van der Waals surface area (Å²) in [7, 11) is 1.63. The standard InChI is InChI=1S/C44H56N2O6/c1-29(30-9-6-5-7-10-30)45-39(49)46(27-34-11-8-24-52-34)28-43(50)21-18-37-41(43,3)20-17-36-40(2)19-16-32(47)25-42(40)22-23-44(36,37)35(26-42)38(48)31-12-14-33(51-4)15-13-31/h5-7,9-10,12-15,22-23,26,29,32,34,36-37,47,50H,8,11,16-21,24-25,27-28H2,1-4H3,(H,45,49). The third-order valence-corrected chi connectivity index (χ3v) is 15.1. The Labute approximate surface area is 308 Å². The highest BCUT2D eigenvalue weighted by atomic mass is 16.5. The molecule has 7 aliphatic rings. The fourth-order valence-corrected chi connectivity index (χ4v) is 12.2. The second kappa shape index (κ2) is 12.8. The maximum atomic E-state index is 14.9. The minimum Gasteiger partial charge on any atom is -0.497 e. The highest BCUT2D eigenvalue weighted by Crippen LogP contribution is 2.78. The Morgan fingerprint density at radius 2 is 1.67 bits per heavy atom. The number of methoxy groups -OCH3 is 1. The van der Waals surface area contributed by atoms with E-state index in [9.17, 15) is 19.8 Å². The van der Waals surface area contributed by atoms with E-state index in [0.717, 1.165) is 56.1 Å². The molecule has 3 N–H and O–H groups in total. The van der Waals surface area contributed by atoms with E-state index in [1.54, 1.807) is 7.11 Å². The van der Waals surface area contributed by atoms with Gasteiger partial charge in [-0.05, 0) is 112 Å². The summed E-state index contributed by atoms with van der Waals surface area (Å²) in [6.07, 6.45) is 13.6. The molecule has 2 spiro atoms. The van der Waals surface area contributed by atoms with E-state index in [0.29, 0.717) is 37.3 Å². The molecule has 9 rings (SSSR count). The van der Waals surface area contributed by atoms with E-state index >= 15 is 0 Å². The third kappa shape index (κ3) is 5.25. The van der Waals surface area contributed by atoms with Gasteiger partial charge in [-0.1, -0.05) is 62.4 Å². The molecule has 52 heavy (non-hydrogen) atoms. The fraction of sp³-hybridized carbons (Fsp3) is 0.591. The number of carbonyl (C=O) groups excluding carboxylic acids is 2. The zero-order valence-corrected chi connectivity index (χ0v) is 31.3. The van der Waals surface area contributed by atoms with Crippen molar-refractivity contribution in [2.45, 2.75) is 102 Å². The van der Waals surface area contributed by atoms with Crippen molar-refractivity contribution in [1.29, 1.82) is 0 Å². The van der Waals surface area contributed by atoms with Crippen LogP contribution < -0.4 is 10.1 Å². The Bertz CT molecular complexity index is 1750. The van der Waals surface area contributed by atoms with Crippen LogP contribution in [-0.4, -0.2) is 71.5 Å². The fourth-order valence-electron chi connectivity index (χ4n) is 12.2. The lowest BCUT2D eigenvalue weighted by atomic mass is 9.32. The summed E-state index contributed by atoms with van der Waals surface area (Å²) < 4.78 is 11.5. The van der Waals surface area contributed by atoms with Crippen molar-refractivity contribution in [3.05, 3.63) is 89.5 Å². The third-order valence-electron chi connectivity index (χ3n) is 15.1. The lowest BCUT2D eigenvalue weighted by Gasteiger charge is -2.71. The summed E-state index contributed by atoms with van der Waals surface area (Å²) in [6, 6.07) is 17.0. The van der Waals surface area contributed by atoms with Gasteiger partial charge in [-0.15, -0.1) is 0 Å². The van der Waals surface area contributed by atoms with Crippen LogP contribution in [0, 0.1) is 33.5 Å². The number of allylic oxidation sites excluding steroid dienone is 4. The van der Waals surface area contributed by atoms with Crippen molar-refractivity contribution in [2.24, 2.45) is 33.5 Å². The highest BCUT2D eigenvalue weighted by molar-refractivity contribution is 6.10. The number of nitrogens with one attached hydrogen (secondary N) is 1. The van der Waals surface area contributed by atoms with Crippen LogP contribution >= 0.6 is 0 Å². The van der Waals surface area contributed by atoms with Gasteiger partial charge >= 0.3 is 6.03 Å². The number of hydrogen-bond acceptors (Lipinski definition) is 6. The molecule has 8 nitrogen and oxygen atoms in total. The molecule has 2 aromatic carbocycles. The van der Waals surface area contributed by atoms with Gasteiger partial charge in [-0.3, -0.25) is 4.79 Å². The van der Waals surface area contributed by atoms with Gasteiger partial charge in [0.05, 0.1) is 37.5 Å². The summed E-state index contributed by atoms with van der Waals surface area (Å²) in [5.41, 5.74) is -0.341. The maximum Gasteiger partial charge on any atom is 0.318 e. The predicted molar refractivity (Wildman–Crippen MR) is 200 cm³/mol. The van der Waals surface area contributed by atoms with Gasteiger partial charge in [0, 0.05) is 40.5 Å². The number of Topliss-reactive ketones (excluding diaryl/α,β-unsaturated/α-hetero) is 1. The Balaban J connectivity index is 1.16. The van der Waals surface area contributed by atoms with Crippen LogP contribution in [-0.2, 0) is 4.74 Å². The number of rotatable bonds is 9. The predicted octanol–water partition coefficient (Wildman–Crippen LogP) is 7.42. The largest absolute Gasteiger partial charge is 0.497 e. The number of aliphatic hydroxyl groups is 2. The smallest absolute Gasteiger partial charge is 0.318 e. The number of nitrogens with zero attached hydrogens (tertiary/aromatic N) is 1. The molecule has 2 aromatic rings. The summed E-state index contributed by atoms with van der Waals surface area (Å²) in [6.45, 7) is 7.95. The maximum absolute atomic E-state index is 14.9.